The maximum absolute atomic E-state index is 11.8. The molecular weight excluding hydrogens is 228 g/mol. The predicted molar refractivity (Wildman–Crippen MR) is 53.6 cm³/mol. The highest BCUT2D eigenvalue weighted by atomic mass is 35.5. The SMILES string of the molecule is Cn1nc(Cl)c(=O)cc1NCCC(F)F. The molecule has 0 saturated carbocycles. The van der Waals surface area contributed by atoms with E-state index in [1.54, 1.807) is 7.05 Å². The van der Waals surface area contributed by atoms with Gasteiger partial charge in [-0.1, -0.05) is 11.6 Å². The van der Waals surface area contributed by atoms with Crippen LogP contribution in [0.4, 0.5) is 14.6 Å². The van der Waals surface area contributed by atoms with E-state index in [9.17, 15) is 13.6 Å². The number of hydrogen-bond donors (Lipinski definition) is 1. The number of rotatable bonds is 4. The summed E-state index contributed by atoms with van der Waals surface area (Å²) in [6, 6.07) is 1.22. The van der Waals surface area contributed by atoms with Crippen LogP contribution in [0, 0.1) is 0 Å². The topological polar surface area (TPSA) is 46.9 Å². The summed E-state index contributed by atoms with van der Waals surface area (Å²) < 4.78 is 25.0. The lowest BCUT2D eigenvalue weighted by molar-refractivity contribution is 0.142. The first-order valence-corrected chi connectivity index (χ1v) is 4.64. The van der Waals surface area contributed by atoms with Crippen LogP contribution in [-0.2, 0) is 7.05 Å². The fourth-order valence-corrected chi connectivity index (χ4v) is 1.15. The second-order valence-electron chi connectivity index (χ2n) is 2.91. The lowest BCUT2D eigenvalue weighted by Crippen LogP contribution is -2.17. The number of halogens is 3. The van der Waals surface area contributed by atoms with Gasteiger partial charge < -0.3 is 5.32 Å². The second-order valence-corrected chi connectivity index (χ2v) is 3.27. The summed E-state index contributed by atoms with van der Waals surface area (Å²) in [7, 11) is 1.57. The van der Waals surface area contributed by atoms with Crippen molar-refractivity contribution in [3.05, 3.63) is 21.4 Å². The highest BCUT2D eigenvalue weighted by molar-refractivity contribution is 6.29. The lowest BCUT2D eigenvalue weighted by atomic mass is 10.4. The maximum atomic E-state index is 11.8. The fourth-order valence-electron chi connectivity index (χ4n) is 0.987. The Bertz CT molecular complexity index is 394. The van der Waals surface area contributed by atoms with Crippen LogP contribution in [0.1, 0.15) is 6.42 Å². The van der Waals surface area contributed by atoms with Crippen molar-refractivity contribution in [3.8, 4) is 0 Å². The molecule has 0 spiro atoms. The first kappa shape index (κ1) is 11.9. The molecule has 1 N–H and O–H groups in total. The van der Waals surface area contributed by atoms with Crippen LogP contribution in [0.5, 0.6) is 0 Å². The summed E-state index contributed by atoms with van der Waals surface area (Å²) in [5, 5.41) is 6.22. The predicted octanol–water partition coefficient (Wildman–Crippen LogP) is 1.50. The molecule has 0 aromatic carbocycles. The van der Waals surface area contributed by atoms with E-state index in [1.165, 1.54) is 10.7 Å². The summed E-state index contributed by atoms with van der Waals surface area (Å²) in [5.41, 5.74) is -0.436. The van der Waals surface area contributed by atoms with Crippen LogP contribution in [0.2, 0.25) is 5.15 Å². The van der Waals surface area contributed by atoms with Gasteiger partial charge in [0.2, 0.25) is 11.9 Å². The van der Waals surface area contributed by atoms with Gasteiger partial charge in [0.25, 0.3) is 0 Å². The van der Waals surface area contributed by atoms with Gasteiger partial charge in [-0.25, -0.2) is 8.78 Å². The van der Waals surface area contributed by atoms with Gasteiger partial charge in [0.1, 0.15) is 5.82 Å². The highest BCUT2D eigenvalue weighted by Crippen LogP contribution is 2.05. The van der Waals surface area contributed by atoms with E-state index in [4.69, 9.17) is 11.6 Å². The van der Waals surface area contributed by atoms with Gasteiger partial charge in [-0.05, 0) is 0 Å². The van der Waals surface area contributed by atoms with Crippen LogP contribution >= 0.6 is 11.6 Å². The summed E-state index contributed by atoms with van der Waals surface area (Å²) >= 11 is 5.48. The van der Waals surface area contributed by atoms with Crippen molar-refractivity contribution in [2.75, 3.05) is 11.9 Å². The Hall–Kier alpha value is -1.17. The van der Waals surface area contributed by atoms with Crippen molar-refractivity contribution in [3.63, 3.8) is 0 Å². The standard InChI is InChI=1S/C8H10ClF2N3O/c1-14-7(12-3-2-6(10)11)4-5(15)8(9)13-14/h4,6,12H,2-3H2,1H3. The molecule has 1 aromatic rings. The minimum atomic E-state index is -2.37. The molecule has 4 nitrogen and oxygen atoms in total. The number of aromatic nitrogens is 2. The highest BCUT2D eigenvalue weighted by Gasteiger charge is 2.05. The van der Waals surface area contributed by atoms with E-state index in [0.29, 0.717) is 5.82 Å². The molecule has 1 rings (SSSR count). The Kier molecular flexibility index (Phi) is 4.02. The van der Waals surface area contributed by atoms with Crippen molar-refractivity contribution in [2.45, 2.75) is 12.8 Å². The maximum Gasteiger partial charge on any atom is 0.240 e. The minimum absolute atomic E-state index is 0.0776. The monoisotopic (exact) mass is 237 g/mol. The molecule has 0 bridgehead atoms. The van der Waals surface area contributed by atoms with E-state index >= 15 is 0 Å². The Balaban J connectivity index is 2.69. The molecular formula is C8H10ClF2N3O. The third-order valence-corrected chi connectivity index (χ3v) is 1.99. The smallest absolute Gasteiger partial charge is 0.240 e. The van der Waals surface area contributed by atoms with Crippen molar-refractivity contribution < 1.29 is 8.78 Å². The molecule has 0 radical (unpaired) electrons. The lowest BCUT2D eigenvalue weighted by Gasteiger charge is -2.09. The summed E-state index contributed by atoms with van der Waals surface area (Å²) in [6.07, 6.45) is -2.65. The normalized spacial score (nSPS) is 10.7. The summed E-state index contributed by atoms with van der Waals surface area (Å²) in [6.45, 7) is 0.0776. The van der Waals surface area contributed by atoms with Crippen molar-refractivity contribution >= 4 is 17.4 Å². The van der Waals surface area contributed by atoms with Gasteiger partial charge >= 0.3 is 0 Å². The summed E-state index contributed by atoms with van der Waals surface area (Å²) in [5.74, 6) is 0.366. The van der Waals surface area contributed by atoms with Crippen LogP contribution in [-0.4, -0.2) is 22.8 Å². The van der Waals surface area contributed by atoms with Crippen molar-refractivity contribution in [2.24, 2.45) is 7.05 Å². The molecule has 0 amide bonds. The third kappa shape index (κ3) is 3.47. The molecule has 7 heteroatoms. The Morgan fingerprint density at radius 3 is 2.93 bits per heavy atom. The molecule has 0 aliphatic heterocycles. The zero-order valence-electron chi connectivity index (χ0n) is 8.01. The van der Waals surface area contributed by atoms with E-state index in [2.05, 4.69) is 10.4 Å². The van der Waals surface area contributed by atoms with Gasteiger partial charge in [-0.2, -0.15) is 5.10 Å². The van der Waals surface area contributed by atoms with Crippen LogP contribution in [0.3, 0.4) is 0 Å². The average molecular weight is 238 g/mol. The zero-order valence-corrected chi connectivity index (χ0v) is 8.76. The molecule has 1 aromatic heterocycles. The number of nitrogens with zero attached hydrogens (tertiary/aromatic N) is 2. The number of hydrogen-bond acceptors (Lipinski definition) is 3. The molecule has 15 heavy (non-hydrogen) atoms. The number of aryl methyl sites for hydroxylation is 1. The van der Waals surface area contributed by atoms with E-state index in [-0.39, 0.29) is 18.1 Å². The van der Waals surface area contributed by atoms with Gasteiger partial charge in [0, 0.05) is 26.1 Å². The molecule has 0 unspecified atom stereocenters. The summed E-state index contributed by atoms with van der Waals surface area (Å²) in [4.78, 5) is 11.1. The second kappa shape index (κ2) is 5.06. The number of anilines is 1. The van der Waals surface area contributed by atoms with Gasteiger partial charge in [0.05, 0.1) is 0 Å². The van der Waals surface area contributed by atoms with Crippen molar-refractivity contribution in [1.82, 2.24) is 9.78 Å². The molecule has 0 saturated heterocycles. The minimum Gasteiger partial charge on any atom is -0.370 e. The van der Waals surface area contributed by atoms with Crippen molar-refractivity contribution in [1.29, 1.82) is 0 Å². The fraction of sp³-hybridized carbons (Fsp3) is 0.500. The molecule has 0 aliphatic rings. The van der Waals surface area contributed by atoms with Crippen LogP contribution < -0.4 is 10.7 Å². The van der Waals surface area contributed by atoms with Crippen LogP contribution in [0.25, 0.3) is 0 Å². The number of nitrogens with one attached hydrogen (secondary N) is 1. The first-order chi connectivity index (χ1) is 7.00. The Morgan fingerprint density at radius 1 is 1.67 bits per heavy atom. The largest absolute Gasteiger partial charge is 0.370 e. The molecule has 0 fully saturated rings. The Labute approximate surface area is 89.9 Å². The molecule has 0 atom stereocenters. The quantitative estimate of drug-likeness (QED) is 0.863. The Morgan fingerprint density at radius 2 is 2.33 bits per heavy atom. The zero-order chi connectivity index (χ0) is 11.4. The van der Waals surface area contributed by atoms with Gasteiger partial charge in [-0.3, -0.25) is 9.48 Å². The first-order valence-electron chi connectivity index (χ1n) is 4.26. The number of alkyl halides is 2. The van der Waals surface area contributed by atoms with Gasteiger partial charge in [0.15, 0.2) is 5.15 Å². The van der Waals surface area contributed by atoms with Crippen LogP contribution in [0.15, 0.2) is 10.9 Å². The molecule has 84 valence electrons. The van der Waals surface area contributed by atoms with E-state index in [0.717, 1.165) is 0 Å². The van der Waals surface area contributed by atoms with Gasteiger partial charge in [-0.15, -0.1) is 0 Å². The van der Waals surface area contributed by atoms with E-state index in [1.807, 2.05) is 0 Å². The van der Waals surface area contributed by atoms with E-state index < -0.39 is 11.9 Å². The molecule has 0 aliphatic carbocycles. The average Bonchev–Trinajstić information content (AvgIpc) is 2.13. The third-order valence-electron chi connectivity index (χ3n) is 1.73. The molecule has 1 heterocycles.